The Labute approximate surface area is 95.3 Å². The number of Topliss-reactive ketones (excluding diaryl/α,β-unsaturated/α-hetero) is 1. The van der Waals surface area contributed by atoms with Crippen LogP contribution in [0.5, 0.6) is 0 Å². The smallest absolute Gasteiger partial charge is 0.312 e. The SMILES string of the molecule is CCOC(=O)[C@H]1[C@H](C)[C@]2(C)O[C@@]1(C)CC2=O. The Kier molecular flexibility index (Phi) is 2.38. The molecule has 0 aromatic carbocycles. The molecule has 4 nitrogen and oxygen atoms in total. The molecule has 2 fully saturated rings. The van der Waals surface area contributed by atoms with Crippen LogP contribution in [0.3, 0.4) is 0 Å². The largest absolute Gasteiger partial charge is 0.466 e. The van der Waals surface area contributed by atoms with Gasteiger partial charge in [-0.25, -0.2) is 0 Å². The molecule has 2 rings (SSSR count). The number of hydrogen-bond donors (Lipinski definition) is 0. The normalized spacial score (nSPS) is 46.1. The first-order valence-electron chi connectivity index (χ1n) is 5.75. The number of carbonyl (C=O) groups excluding carboxylic acids is 2. The first-order valence-corrected chi connectivity index (χ1v) is 5.75. The molecule has 0 aromatic rings. The van der Waals surface area contributed by atoms with Gasteiger partial charge in [-0.3, -0.25) is 9.59 Å². The van der Waals surface area contributed by atoms with Crippen molar-refractivity contribution in [2.45, 2.75) is 45.3 Å². The maximum atomic E-state index is 11.9. The summed E-state index contributed by atoms with van der Waals surface area (Å²) in [5.41, 5.74) is -1.47. The highest BCUT2D eigenvalue weighted by Gasteiger charge is 2.68. The van der Waals surface area contributed by atoms with E-state index in [9.17, 15) is 9.59 Å². The third-order valence-corrected chi connectivity index (χ3v) is 4.08. The lowest BCUT2D eigenvalue weighted by molar-refractivity contribution is -0.154. The molecule has 2 heterocycles. The van der Waals surface area contributed by atoms with Crippen molar-refractivity contribution in [3.05, 3.63) is 0 Å². The lowest BCUT2D eigenvalue weighted by Crippen LogP contribution is -2.47. The van der Waals surface area contributed by atoms with Crippen LogP contribution in [0.1, 0.15) is 34.1 Å². The van der Waals surface area contributed by atoms with Gasteiger partial charge in [0.2, 0.25) is 0 Å². The van der Waals surface area contributed by atoms with Crippen LogP contribution in [0.25, 0.3) is 0 Å². The lowest BCUT2D eigenvalue weighted by Gasteiger charge is -2.31. The fraction of sp³-hybridized carbons (Fsp3) is 0.833. The molecule has 0 amide bonds. The second-order valence-corrected chi connectivity index (χ2v) is 5.14. The topological polar surface area (TPSA) is 52.6 Å². The van der Waals surface area contributed by atoms with Crippen LogP contribution in [0.4, 0.5) is 0 Å². The van der Waals surface area contributed by atoms with E-state index in [4.69, 9.17) is 9.47 Å². The van der Waals surface area contributed by atoms with E-state index >= 15 is 0 Å². The van der Waals surface area contributed by atoms with Gasteiger partial charge in [0, 0.05) is 12.3 Å². The summed E-state index contributed by atoms with van der Waals surface area (Å²) in [6.07, 6.45) is 0.317. The van der Waals surface area contributed by atoms with E-state index in [0.29, 0.717) is 13.0 Å². The van der Waals surface area contributed by atoms with Crippen LogP contribution < -0.4 is 0 Å². The zero-order valence-corrected chi connectivity index (χ0v) is 10.2. The molecule has 0 radical (unpaired) electrons. The van der Waals surface area contributed by atoms with Gasteiger partial charge < -0.3 is 9.47 Å². The van der Waals surface area contributed by atoms with Crippen molar-refractivity contribution in [2.75, 3.05) is 6.61 Å². The molecule has 4 heteroatoms. The predicted molar refractivity (Wildman–Crippen MR) is 56.8 cm³/mol. The summed E-state index contributed by atoms with van der Waals surface area (Å²) in [5, 5.41) is 0. The summed E-state index contributed by atoms with van der Waals surface area (Å²) in [4.78, 5) is 23.7. The van der Waals surface area contributed by atoms with Gasteiger partial charge in [-0.05, 0) is 20.8 Å². The Balaban J connectivity index is 2.31. The molecule has 90 valence electrons. The van der Waals surface area contributed by atoms with Crippen LogP contribution in [0.15, 0.2) is 0 Å². The molecule has 2 aliphatic heterocycles. The summed E-state index contributed by atoms with van der Waals surface area (Å²) >= 11 is 0. The Morgan fingerprint density at radius 3 is 2.62 bits per heavy atom. The molecule has 0 unspecified atom stereocenters. The molecule has 0 aromatic heterocycles. The second-order valence-electron chi connectivity index (χ2n) is 5.14. The van der Waals surface area contributed by atoms with Gasteiger partial charge in [-0.2, -0.15) is 0 Å². The molecule has 16 heavy (non-hydrogen) atoms. The summed E-state index contributed by atoms with van der Waals surface area (Å²) in [5.74, 6) is -0.579. The molecule has 2 saturated heterocycles. The maximum absolute atomic E-state index is 11.9. The van der Waals surface area contributed by atoms with Gasteiger partial charge >= 0.3 is 5.97 Å². The van der Waals surface area contributed by atoms with Crippen LogP contribution in [-0.2, 0) is 19.1 Å². The summed E-state index contributed by atoms with van der Waals surface area (Å²) < 4.78 is 10.9. The zero-order valence-electron chi connectivity index (χ0n) is 10.2. The summed E-state index contributed by atoms with van der Waals surface area (Å²) in [7, 11) is 0. The molecule has 4 atom stereocenters. The van der Waals surface area contributed by atoms with E-state index in [1.807, 2.05) is 13.8 Å². The molecule has 0 saturated carbocycles. The van der Waals surface area contributed by atoms with Crippen molar-refractivity contribution in [3.63, 3.8) is 0 Å². The minimum Gasteiger partial charge on any atom is -0.466 e. The van der Waals surface area contributed by atoms with Crippen LogP contribution in [0.2, 0.25) is 0 Å². The predicted octanol–water partition coefficient (Wildman–Crippen LogP) is 1.32. The molecular weight excluding hydrogens is 208 g/mol. The van der Waals surface area contributed by atoms with E-state index < -0.39 is 11.2 Å². The van der Waals surface area contributed by atoms with E-state index in [1.54, 1.807) is 13.8 Å². The fourth-order valence-electron chi connectivity index (χ4n) is 3.12. The number of fused-ring (bicyclic) bond motifs is 2. The van der Waals surface area contributed by atoms with Crippen molar-refractivity contribution >= 4 is 11.8 Å². The Hall–Kier alpha value is -0.900. The highest BCUT2D eigenvalue weighted by atomic mass is 16.6. The Morgan fingerprint density at radius 2 is 2.19 bits per heavy atom. The number of ether oxygens (including phenoxy) is 2. The molecule has 2 aliphatic rings. The summed E-state index contributed by atoms with van der Waals surface area (Å²) in [6, 6.07) is 0. The Bertz CT molecular complexity index is 351. The second kappa shape index (κ2) is 3.29. The standard InChI is InChI=1S/C12H18O4/c1-5-15-10(14)9-7(2)12(4)8(13)6-11(9,3)16-12/h7,9H,5-6H2,1-4H3/t7-,9+,11-,12-/m0/s1. The maximum Gasteiger partial charge on any atom is 0.312 e. The van der Waals surface area contributed by atoms with E-state index in [1.165, 1.54) is 0 Å². The average Bonchev–Trinajstić information content (AvgIpc) is 2.49. The van der Waals surface area contributed by atoms with Gasteiger partial charge in [0.1, 0.15) is 5.60 Å². The van der Waals surface area contributed by atoms with Crippen molar-refractivity contribution < 1.29 is 19.1 Å². The number of esters is 1. The molecule has 0 aliphatic carbocycles. The van der Waals surface area contributed by atoms with Gasteiger partial charge in [0.25, 0.3) is 0 Å². The number of hydrogen-bond acceptors (Lipinski definition) is 4. The first kappa shape index (κ1) is 11.6. The number of rotatable bonds is 2. The summed E-state index contributed by atoms with van der Waals surface area (Å²) in [6.45, 7) is 7.66. The fourth-order valence-corrected chi connectivity index (χ4v) is 3.12. The minimum absolute atomic E-state index is 0.100. The molecule has 0 N–H and O–H groups in total. The molecular formula is C12H18O4. The van der Waals surface area contributed by atoms with Gasteiger partial charge in [0.05, 0.1) is 18.1 Å². The zero-order chi connectivity index (χ0) is 12.1. The minimum atomic E-state index is -0.799. The van der Waals surface area contributed by atoms with Crippen molar-refractivity contribution in [3.8, 4) is 0 Å². The third-order valence-electron chi connectivity index (χ3n) is 4.08. The highest BCUT2D eigenvalue weighted by Crippen LogP contribution is 2.55. The van der Waals surface area contributed by atoms with Crippen molar-refractivity contribution in [2.24, 2.45) is 11.8 Å². The highest BCUT2D eigenvalue weighted by molar-refractivity contribution is 5.94. The van der Waals surface area contributed by atoms with Gasteiger partial charge in [0.15, 0.2) is 5.78 Å². The monoisotopic (exact) mass is 226 g/mol. The van der Waals surface area contributed by atoms with Gasteiger partial charge in [-0.15, -0.1) is 0 Å². The van der Waals surface area contributed by atoms with Gasteiger partial charge in [-0.1, -0.05) is 6.92 Å². The van der Waals surface area contributed by atoms with E-state index in [0.717, 1.165) is 0 Å². The van der Waals surface area contributed by atoms with Crippen molar-refractivity contribution in [1.82, 2.24) is 0 Å². The molecule has 2 bridgehead atoms. The van der Waals surface area contributed by atoms with Crippen LogP contribution >= 0.6 is 0 Å². The first-order chi connectivity index (χ1) is 7.35. The third kappa shape index (κ3) is 1.25. The Morgan fingerprint density at radius 1 is 1.56 bits per heavy atom. The quantitative estimate of drug-likeness (QED) is 0.666. The van der Waals surface area contributed by atoms with Crippen molar-refractivity contribution in [1.29, 1.82) is 0 Å². The number of carbonyl (C=O) groups is 2. The average molecular weight is 226 g/mol. The van der Waals surface area contributed by atoms with Crippen LogP contribution in [0, 0.1) is 11.8 Å². The number of ketones is 1. The van der Waals surface area contributed by atoms with E-state index in [2.05, 4.69) is 0 Å². The molecule has 0 spiro atoms. The lowest BCUT2D eigenvalue weighted by atomic mass is 9.68. The van der Waals surface area contributed by atoms with Crippen LogP contribution in [-0.4, -0.2) is 29.6 Å². The van der Waals surface area contributed by atoms with E-state index in [-0.39, 0.29) is 23.6 Å².